The summed E-state index contributed by atoms with van der Waals surface area (Å²) >= 11 is 9.10. The van der Waals surface area contributed by atoms with Crippen molar-refractivity contribution in [1.29, 1.82) is 0 Å². The normalized spacial score (nSPS) is 15.1. The van der Waals surface area contributed by atoms with Crippen LogP contribution in [0.25, 0.3) is 11.0 Å². The Bertz CT molecular complexity index is 519. The lowest BCUT2D eigenvalue weighted by Gasteiger charge is -2.15. The second-order valence-corrected chi connectivity index (χ2v) is 4.77. The Morgan fingerprint density at radius 3 is 2.88 bits per heavy atom. The number of aliphatic hydroxyl groups excluding tert-OH is 2. The fraction of sp³-hybridized carbons (Fsp3) is 0.400. The van der Waals surface area contributed by atoms with Crippen LogP contribution in [0.1, 0.15) is 18.1 Å². The van der Waals surface area contributed by atoms with Crippen molar-refractivity contribution in [2.75, 3.05) is 5.33 Å². The van der Waals surface area contributed by atoms with Gasteiger partial charge >= 0.3 is 0 Å². The van der Waals surface area contributed by atoms with Gasteiger partial charge in [0.25, 0.3) is 0 Å². The van der Waals surface area contributed by atoms with E-state index in [0.29, 0.717) is 33.5 Å². The Balaban J connectivity index is 2.39. The number of rotatable bonds is 4. The maximum Gasteiger partial charge on any atom is 0.156 e. The van der Waals surface area contributed by atoms with E-state index in [-0.39, 0.29) is 0 Å². The number of hydrogen-bond acceptors (Lipinski definition) is 4. The zero-order valence-electron chi connectivity index (χ0n) is 8.77. The third kappa shape index (κ3) is 2.44. The Labute approximate surface area is 111 Å². The number of aromatic amines is 1. The van der Waals surface area contributed by atoms with Gasteiger partial charge in [-0.25, -0.2) is 9.97 Å². The van der Waals surface area contributed by atoms with Crippen LogP contribution in [-0.2, 0) is 0 Å². The van der Waals surface area contributed by atoms with Gasteiger partial charge in [0.05, 0.1) is 11.6 Å². The number of alkyl halides is 1. The molecule has 0 aliphatic carbocycles. The Morgan fingerprint density at radius 2 is 2.18 bits per heavy atom. The molecule has 0 aromatic carbocycles. The molecule has 0 radical (unpaired) electrons. The molecular weight excluding hydrogens is 309 g/mol. The summed E-state index contributed by atoms with van der Waals surface area (Å²) in [6.07, 6.45) is 1.53. The van der Waals surface area contributed by atoms with Crippen LogP contribution < -0.4 is 0 Å². The van der Waals surface area contributed by atoms with E-state index in [1.54, 1.807) is 6.20 Å². The van der Waals surface area contributed by atoms with E-state index in [4.69, 9.17) is 11.6 Å². The lowest BCUT2D eigenvalue weighted by atomic mass is 10.0. The molecule has 2 rings (SSSR count). The summed E-state index contributed by atoms with van der Waals surface area (Å²) in [7, 11) is 0. The van der Waals surface area contributed by atoms with Crippen molar-refractivity contribution in [3.63, 3.8) is 0 Å². The summed E-state index contributed by atoms with van der Waals surface area (Å²) in [4.78, 5) is 10.8. The van der Waals surface area contributed by atoms with Gasteiger partial charge in [-0.1, -0.05) is 27.5 Å². The first kappa shape index (κ1) is 12.8. The molecule has 0 spiro atoms. The van der Waals surface area contributed by atoms with Crippen molar-refractivity contribution >= 4 is 38.6 Å². The molecule has 2 aromatic heterocycles. The first-order valence-electron chi connectivity index (χ1n) is 5.04. The monoisotopic (exact) mass is 319 g/mol. The zero-order chi connectivity index (χ0) is 12.4. The van der Waals surface area contributed by atoms with Crippen molar-refractivity contribution in [3.8, 4) is 0 Å². The molecule has 0 aliphatic heterocycles. The highest BCUT2D eigenvalue weighted by molar-refractivity contribution is 9.09. The molecule has 0 saturated heterocycles. The molecule has 7 heteroatoms. The third-order valence-corrected chi connectivity index (χ3v) is 3.28. The van der Waals surface area contributed by atoms with Crippen molar-refractivity contribution in [3.05, 3.63) is 23.2 Å². The minimum Gasteiger partial charge on any atom is -0.390 e. The summed E-state index contributed by atoms with van der Waals surface area (Å²) < 4.78 is 0. The summed E-state index contributed by atoms with van der Waals surface area (Å²) in [5.74, 6) is 0. The van der Waals surface area contributed by atoms with Gasteiger partial charge in [0, 0.05) is 17.1 Å². The van der Waals surface area contributed by atoms with Gasteiger partial charge in [-0.2, -0.15) is 0 Å². The third-order valence-electron chi connectivity index (χ3n) is 2.53. The number of hydrogen-bond donors (Lipinski definition) is 3. The SMILES string of the molecule is OC(CCBr)C(O)c1c[nH]c2c(Cl)ncnc12. The molecule has 17 heavy (non-hydrogen) atoms. The highest BCUT2D eigenvalue weighted by Crippen LogP contribution is 2.28. The lowest BCUT2D eigenvalue weighted by Crippen LogP contribution is -2.18. The predicted molar refractivity (Wildman–Crippen MR) is 68.3 cm³/mol. The molecule has 0 saturated carbocycles. The van der Waals surface area contributed by atoms with Crippen molar-refractivity contribution < 1.29 is 10.2 Å². The molecule has 3 N–H and O–H groups in total. The maximum atomic E-state index is 10.0. The molecule has 2 atom stereocenters. The Morgan fingerprint density at radius 1 is 1.41 bits per heavy atom. The molecule has 0 aliphatic rings. The van der Waals surface area contributed by atoms with E-state index in [1.807, 2.05) is 0 Å². The minimum atomic E-state index is -0.993. The number of halogens is 2. The van der Waals surface area contributed by atoms with E-state index in [0.717, 1.165) is 0 Å². The van der Waals surface area contributed by atoms with Crippen LogP contribution >= 0.6 is 27.5 Å². The van der Waals surface area contributed by atoms with Crippen LogP contribution in [-0.4, -0.2) is 36.6 Å². The first-order valence-corrected chi connectivity index (χ1v) is 6.54. The average Bonchev–Trinajstić information content (AvgIpc) is 2.73. The number of H-pyrrole nitrogens is 1. The van der Waals surface area contributed by atoms with E-state index in [9.17, 15) is 10.2 Å². The Kier molecular flexibility index (Phi) is 3.98. The van der Waals surface area contributed by atoms with Crippen molar-refractivity contribution in [2.45, 2.75) is 18.6 Å². The van der Waals surface area contributed by atoms with Crippen LogP contribution in [0.5, 0.6) is 0 Å². The second-order valence-electron chi connectivity index (χ2n) is 3.62. The van der Waals surface area contributed by atoms with Crippen molar-refractivity contribution in [1.82, 2.24) is 15.0 Å². The lowest BCUT2D eigenvalue weighted by molar-refractivity contribution is 0.0181. The van der Waals surface area contributed by atoms with Gasteiger partial charge < -0.3 is 15.2 Å². The van der Waals surface area contributed by atoms with Gasteiger partial charge in [-0.15, -0.1) is 0 Å². The van der Waals surface area contributed by atoms with Crippen molar-refractivity contribution in [2.24, 2.45) is 0 Å². The van der Waals surface area contributed by atoms with Crippen LogP contribution in [0.3, 0.4) is 0 Å². The summed E-state index contributed by atoms with van der Waals surface area (Å²) in [6.45, 7) is 0. The van der Waals surface area contributed by atoms with Crippen LogP contribution in [0.15, 0.2) is 12.5 Å². The number of aromatic nitrogens is 3. The van der Waals surface area contributed by atoms with Gasteiger partial charge in [0.15, 0.2) is 5.15 Å². The van der Waals surface area contributed by atoms with Gasteiger partial charge in [-0.05, 0) is 6.42 Å². The molecule has 0 fully saturated rings. The maximum absolute atomic E-state index is 10.0. The molecular formula is C10H11BrClN3O2. The molecule has 92 valence electrons. The van der Waals surface area contributed by atoms with E-state index < -0.39 is 12.2 Å². The minimum absolute atomic E-state index is 0.295. The average molecular weight is 321 g/mol. The fourth-order valence-electron chi connectivity index (χ4n) is 1.63. The second kappa shape index (κ2) is 5.30. The van der Waals surface area contributed by atoms with Gasteiger partial charge in [0.2, 0.25) is 0 Å². The molecule has 2 unspecified atom stereocenters. The highest BCUT2D eigenvalue weighted by atomic mass is 79.9. The van der Waals surface area contributed by atoms with E-state index in [1.165, 1.54) is 6.33 Å². The number of nitrogens with one attached hydrogen (secondary N) is 1. The van der Waals surface area contributed by atoms with Gasteiger partial charge in [0.1, 0.15) is 17.9 Å². The standard InChI is InChI=1S/C10H11BrClN3O2/c11-2-1-6(16)9(17)5-3-13-8-7(5)14-4-15-10(8)12/h3-4,6,9,13,16-17H,1-2H2. The number of aliphatic hydroxyl groups is 2. The molecule has 2 aromatic rings. The van der Waals surface area contributed by atoms with Crippen LogP contribution in [0.2, 0.25) is 5.15 Å². The topological polar surface area (TPSA) is 82.0 Å². The molecule has 2 heterocycles. The summed E-state index contributed by atoms with van der Waals surface area (Å²) in [5.41, 5.74) is 1.62. The molecule has 0 amide bonds. The smallest absolute Gasteiger partial charge is 0.156 e. The molecule has 5 nitrogen and oxygen atoms in total. The predicted octanol–water partition coefficient (Wildman–Crippen LogP) is 1.79. The number of nitrogens with zero attached hydrogens (tertiary/aromatic N) is 2. The van der Waals surface area contributed by atoms with E-state index in [2.05, 4.69) is 30.9 Å². The quantitative estimate of drug-likeness (QED) is 0.592. The van der Waals surface area contributed by atoms with E-state index >= 15 is 0 Å². The van der Waals surface area contributed by atoms with Gasteiger partial charge in [-0.3, -0.25) is 0 Å². The number of fused-ring (bicyclic) bond motifs is 1. The summed E-state index contributed by atoms with van der Waals surface area (Å²) in [6, 6.07) is 0. The van der Waals surface area contributed by atoms with Crippen LogP contribution in [0, 0.1) is 0 Å². The molecule has 0 bridgehead atoms. The summed E-state index contributed by atoms with van der Waals surface area (Å²) in [5, 5.41) is 20.7. The fourth-order valence-corrected chi connectivity index (χ4v) is 2.29. The highest BCUT2D eigenvalue weighted by Gasteiger charge is 2.22. The Hall–Kier alpha value is -0.690. The zero-order valence-corrected chi connectivity index (χ0v) is 11.1. The van der Waals surface area contributed by atoms with Crippen LogP contribution in [0.4, 0.5) is 0 Å². The first-order chi connectivity index (χ1) is 8.15. The largest absolute Gasteiger partial charge is 0.390 e.